The van der Waals surface area contributed by atoms with E-state index in [-0.39, 0.29) is 5.82 Å². The number of ether oxygens (including phenoxy) is 1. The van der Waals surface area contributed by atoms with Gasteiger partial charge in [-0.1, -0.05) is 22.0 Å². The Bertz CT molecular complexity index is 242. The summed E-state index contributed by atoms with van der Waals surface area (Å²) in [4.78, 5) is 0. The normalized spacial score (nSPS) is 10.2. The fourth-order valence-electron chi connectivity index (χ4n) is 0.874. The van der Waals surface area contributed by atoms with Crippen LogP contribution in [-0.4, -0.2) is 6.61 Å². The Balaban J connectivity index is 2.81. The molecule has 1 rings (SSSR count). The maximum absolute atomic E-state index is 13.1. The molecule has 0 aliphatic rings. The van der Waals surface area contributed by atoms with Crippen LogP contribution in [0.1, 0.15) is 12.5 Å². The van der Waals surface area contributed by atoms with E-state index in [4.69, 9.17) is 4.74 Å². The zero-order chi connectivity index (χ0) is 8.97. The third kappa shape index (κ3) is 2.29. The largest absolute Gasteiger partial charge is 0.377 e. The summed E-state index contributed by atoms with van der Waals surface area (Å²) in [6, 6.07) is 4.89. The zero-order valence-electron chi connectivity index (χ0n) is 6.81. The van der Waals surface area contributed by atoms with Crippen molar-refractivity contribution in [2.45, 2.75) is 13.5 Å². The lowest BCUT2D eigenvalue weighted by molar-refractivity contribution is 0.131. The van der Waals surface area contributed by atoms with Crippen LogP contribution in [0.2, 0.25) is 0 Å². The summed E-state index contributed by atoms with van der Waals surface area (Å²) in [5.41, 5.74) is 0.583. The van der Waals surface area contributed by atoms with E-state index in [0.29, 0.717) is 18.8 Å². The predicted molar refractivity (Wildman–Crippen MR) is 49.4 cm³/mol. The van der Waals surface area contributed by atoms with Crippen LogP contribution in [-0.2, 0) is 11.3 Å². The first-order valence-corrected chi connectivity index (χ1v) is 4.55. The molecule has 0 radical (unpaired) electrons. The van der Waals surface area contributed by atoms with Crippen LogP contribution in [0.4, 0.5) is 4.39 Å². The van der Waals surface area contributed by atoms with Gasteiger partial charge >= 0.3 is 0 Å². The van der Waals surface area contributed by atoms with Crippen molar-refractivity contribution in [3.63, 3.8) is 0 Å². The van der Waals surface area contributed by atoms with E-state index in [1.54, 1.807) is 12.1 Å². The van der Waals surface area contributed by atoms with Crippen LogP contribution in [0.3, 0.4) is 0 Å². The first kappa shape index (κ1) is 9.68. The van der Waals surface area contributed by atoms with Gasteiger partial charge in [0.25, 0.3) is 0 Å². The van der Waals surface area contributed by atoms with Crippen LogP contribution in [0, 0.1) is 5.82 Å². The molecule has 12 heavy (non-hydrogen) atoms. The molecule has 1 aromatic rings. The molecule has 0 saturated heterocycles. The molecule has 3 heteroatoms. The Morgan fingerprint density at radius 2 is 2.25 bits per heavy atom. The first-order valence-electron chi connectivity index (χ1n) is 3.76. The monoisotopic (exact) mass is 232 g/mol. The van der Waals surface area contributed by atoms with Crippen LogP contribution in [0.15, 0.2) is 22.7 Å². The smallest absolute Gasteiger partial charge is 0.129 e. The standard InChI is InChI=1S/C9H10BrFO/c1-2-12-6-7-8(10)4-3-5-9(7)11/h3-5H,2,6H2,1H3. The minimum Gasteiger partial charge on any atom is -0.377 e. The van der Waals surface area contributed by atoms with E-state index in [9.17, 15) is 4.39 Å². The number of rotatable bonds is 3. The maximum Gasteiger partial charge on any atom is 0.129 e. The highest BCUT2D eigenvalue weighted by Gasteiger charge is 2.04. The Hall–Kier alpha value is -0.410. The second-order valence-electron chi connectivity index (χ2n) is 2.34. The average Bonchev–Trinajstić information content (AvgIpc) is 2.04. The van der Waals surface area contributed by atoms with Gasteiger partial charge in [0.15, 0.2) is 0 Å². The predicted octanol–water partition coefficient (Wildman–Crippen LogP) is 3.12. The van der Waals surface area contributed by atoms with Gasteiger partial charge in [-0.05, 0) is 19.1 Å². The molecular weight excluding hydrogens is 223 g/mol. The molecule has 0 atom stereocenters. The summed E-state index contributed by atoms with van der Waals surface area (Å²) in [5, 5.41) is 0. The van der Waals surface area contributed by atoms with Gasteiger partial charge in [-0.25, -0.2) is 4.39 Å². The van der Waals surface area contributed by atoms with Crippen LogP contribution in [0.25, 0.3) is 0 Å². The summed E-state index contributed by atoms with van der Waals surface area (Å²) in [6.07, 6.45) is 0. The van der Waals surface area contributed by atoms with E-state index < -0.39 is 0 Å². The minimum atomic E-state index is -0.224. The summed E-state index contributed by atoms with van der Waals surface area (Å²) in [7, 11) is 0. The van der Waals surface area contributed by atoms with E-state index >= 15 is 0 Å². The summed E-state index contributed by atoms with van der Waals surface area (Å²) in [6.45, 7) is 2.80. The average molecular weight is 233 g/mol. The van der Waals surface area contributed by atoms with Gasteiger partial charge in [0.2, 0.25) is 0 Å². The highest BCUT2D eigenvalue weighted by Crippen LogP contribution is 2.20. The summed E-state index contributed by atoms with van der Waals surface area (Å²) >= 11 is 3.26. The fourth-order valence-corrected chi connectivity index (χ4v) is 1.33. The van der Waals surface area contributed by atoms with Gasteiger partial charge in [-0.15, -0.1) is 0 Å². The van der Waals surface area contributed by atoms with E-state index in [0.717, 1.165) is 4.47 Å². The molecule has 0 saturated carbocycles. The molecule has 0 heterocycles. The summed E-state index contributed by atoms with van der Waals surface area (Å²) < 4.78 is 18.9. The van der Waals surface area contributed by atoms with Gasteiger partial charge in [-0.2, -0.15) is 0 Å². The zero-order valence-corrected chi connectivity index (χ0v) is 8.40. The molecular formula is C9H10BrFO. The van der Waals surface area contributed by atoms with Crippen molar-refractivity contribution in [1.29, 1.82) is 0 Å². The molecule has 0 N–H and O–H groups in total. The number of hydrogen-bond acceptors (Lipinski definition) is 1. The fraction of sp³-hybridized carbons (Fsp3) is 0.333. The Kier molecular flexibility index (Phi) is 3.69. The van der Waals surface area contributed by atoms with Crippen LogP contribution in [0.5, 0.6) is 0 Å². The molecule has 66 valence electrons. The Labute approximate surface area is 79.7 Å². The molecule has 0 aromatic heterocycles. The minimum absolute atomic E-state index is 0.224. The molecule has 0 aliphatic carbocycles. The third-order valence-corrected chi connectivity index (χ3v) is 2.26. The van der Waals surface area contributed by atoms with Crippen LogP contribution >= 0.6 is 15.9 Å². The number of halogens is 2. The number of hydrogen-bond donors (Lipinski definition) is 0. The topological polar surface area (TPSA) is 9.23 Å². The first-order chi connectivity index (χ1) is 5.75. The number of benzene rings is 1. The molecule has 0 unspecified atom stereocenters. The van der Waals surface area contributed by atoms with Gasteiger partial charge in [0, 0.05) is 16.6 Å². The van der Waals surface area contributed by atoms with Crippen molar-refractivity contribution >= 4 is 15.9 Å². The highest BCUT2D eigenvalue weighted by molar-refractivity contribution is 9.10. The molecule has 0 fully saturated rings. The molecule has 1 nitrogen and oxygen atoms in total. The van der Waals surface area contributed by atoms with Crippen molar-refractivity contribution < 1.29 is 9.13 Å². The SMILES string of the molecule is CCOCc1c(F)cccc1Br. The van der Waals surface area contributed by atoms with Crippen LogP contribution < -0.4 is 0 Å². The lowest BCUT2D eigenvalue weighted by atomic mass is 10.2. The lowest BCUT2D eigenvalue weighted by Gasteiger charge is -2.04. The molecule has 0 aliphatic heterocycles. The van der Waals surface area contributed by atoms with Gasteiger partial charge in [0.05, 0.1) is 6.61 Å². The molecule has 0 amide bonds. The van der Waals surface area contributed by atoms with E-state index in [2.05, 4.69) is 15.9 Å². The van der Waals surface area contributed by atoms with E-state index in [1.165, 1.54) is 6.07 Å². The summed E-state index contributed by atoms with van der Waals surface area (Å²) in [5.74, 6) is -0.224. The molecule has 0 spiro atoms. The highest BCUT2D eigenvalue weighted by atomic mass is 79.9. The third-order valence-electron chi connectivity index (χ3n) is 1.51. The second-order valence-corrected chi connectivity index (χ2v) is 3.19. The van der Waals surface area contributed by atoms with Gasteiger partial charge in [-0.3, -0.25) is 0 Å². The van der Waals surface area contributed by atoms with Crippen molar-refractivity contribution in [2.75, 3.05) is 6.61 Å². The quantitative estimate of drug-likeness (QED) is 0.779. The maximum atomic E-state index is 13.1. The Morgan fingerprint density at radius 3 is 2.83 bits per heavy atom. The lowest BCUT2D eigenvalue weighted by Crippen LogP contribution is -1.96. The Morgan fingerprint density at radius 1 is 1.50 bits per heavy atom. The van der Waals surface area contributed by atoms with E-state index in [1.807, 2.05) is 6.92 Å². The van der Waals surface area contributed by atoms with Crippen molar-refractivity contribution in [1.82, 2.24) is 0 Å². The van der Waals surface area contributed by atoms with Gasteiger partial charge in [0.1, 0.15) is 5.82 Å². The second kappa shape index (κ2) is 4.58. The van der Waals surface area contributed by atoms with Crippen molar-refractivity contribution in [3.05, 3.63) is 34.1 Å². The molecule has 0 bridgehead atoms. The molecule has 1 aromatic carbocycles. The van der Waals surface area contributed by atoms with Crippen molar-refractivity contribution in [3.8, 4) is 0 Å². The van der Waals surface area contributed by atoms with Crippen molar-refractivity contribution in [2.24, 2.45) is 0 Å². The van der Waals surface area contributed by atoms with Gasteiger partial charge < -0.3 is 4.74 Å².